The van der Waals surface area contributed by atoms with E-state index in [0.29, 0.717) is 23.1 Å². The molecule has 1 atom stereocenters. The van der Waals surface area contributed by atoms with E-state index in [1.54, 1.807) is 36.4 Å². The van der Waals surface area contributed by atoms with Gasteiger partial charge in [0.1, 0.15) is 6.54 Å². The highest BCUT2D eigenvalue weighted by atomic mass is 16.2. The first-order valence-electron chi connectivity index (χ1n) is 10.1. The number of aryl methyl sites for hydroxylation is 1. The van der Waals surface area contributed by atoms with Crippen LogP contribution in [-0.2, 0) is 11.3 Å². The number of benzene rings is 2. The molecule has 4 rings (SSSR count). The lowest BCUT2D eigenvalue weighted by Gasteiger charge is -2.33. The van der Waals surface area contributed by atoms with E-state index in [2.05, 4.69) is 0 Å². The Morgan fingerprint density at radius 3 is 2.48 bits per heavy atom. The molecule has 1 unspecified atom stereocenters. The number of amides is 1. The number of rotatable bonds is 3. The number of piperidine rings is 1. The highest BCUT2D eigenvalue weighted by Gasteiger charge is 2.25. The average Bonchev–Trinajstić information content (AvgIpc) is 2.73. The van der Waals surface area contributed by atoms with Crippen LogP contribution in [0.2, 0.25) is 0 Å². The lowest BCUT2D eigenvalue weighted by molar-refractivity contribution is -0.135. The second-order valence-electron chi connectivity index (χ2n) is 7.79. The SMILES string of the molecule is Cc1ccc(-n2c(=O)c3ccccc3n(CC(=O)N3CCCCC3C)c2=O)cc1. The normalized spacial score (nSPS) is 16.9. The van der Waals surface area contributed by atoms with Crippen LogP contribution in [0.1, 0.15) is 31.7 Å². The van der Waals surface area contributed by atoms with Crippen molar-refractivity contribution in [2.24, 2.45) is 0 Å². The minimum atomic E-state index is -0.490. The maximum Gasteiger partial charge on any atom is 0.336 e. The van der Waals surface area contributed by atoms with E-state index in [1.807, 2.05) is 30.9 Å². The smallest absolute Gasteiger partial charge is 0.336 e. The van der Waals surface area contributed by atoms with Gasteiger partial charge in [0.05, 0.1) is 16.6 Å². The molecule has 0 radical (unpaired) electrons. The predicted octanol–water partition coefficient (Wildman–Crippen LogP) is 2.86. The summed E-state index contributed by atoms with van der Waals surface area (Å²) in [6.45, 7) is 4.63. The molecule has 150 valence electrons. The maximum atomic E-state index is 13.3. The number of carbonyl (C=O) groups excluding carboxylic acids is 1. The summed E-state index contributed by atoms with van der Waals surface area (Å²) in [5.74, 6) is -0.0847. The van der Waals surface area contributed by atoms with Crippen LogP contribution in [0, 0.1) is 6.92 Å². The molecule has 3 aromatic rings. The molecule has 0 saturated carbocycles. The van der Waals surface area contributed by atoms with Gasteiger partial charge in [0, 0.05) is 12.6 Å². The predicted molar refractivity (Wildman–Crippen MR) is 114 cm³/mol. The summed E-state index contributed by atoms with van der Waals surface area (Å²) < 4.78 is 2.59. The van der Waals surface area contributed by atoms with E-state index >= 15 is 0 Å². The highest BCUT2D eigenvalue weighted by molar-refractivity contribution is 5.82. The molecule has 1 aliphatic rings. The summed E-state index contributed by atoms with van der Waals surface area (Å²) in [5, 5.41) is 0.423. The van der Waals surface area contributed by atoms with E-state index in [-0.39, 0.29) is 24.1 Å². The van der Waals surface area contributed by atoms with E-state index in [4.69, 9.17) is 0 Å². The molecule has 6 nitrogen and oxygen atoms in total. The number of hydrogen-bond acceptors (Lipinski definition) is 3. The number of fused-ring (bicyclic) bond motifs is 1. The molecule has 1 aliphatic heterocycles. The van der Waals surface area contributed by atoms with Crippen molar-refractivity contribution in [3.05, 3.63) is 74.9 Å². The molecule has 6 heteroatoms. The monoisotopic (exact) mass is 391 g/mol. The van der Waals surface area contributed by atoms with Gasteiger partial charge in [-0.2, -0.15) is 0 Å². The third kappa shape index (κ3) is 3.50. The third-order valence-corrected chi connectivity index (χ3v) is 5.76. The molecule has 0 N–H and O–H groups in total. The summed E-state index contributed by atoms with van der Waals surface area (Å²) in [7, 11) is 0. The molecule has 2 aromatic carbocycles. The van der Waals surface area contributed by atoms with E-state index in [1.165, 1.54) is 4.57 Å². The molecule has 29 heavy (non-hydrogen) atoms. The first kappa shape index (κ1) is 19.2. The minimum Gasteiger partial charge on any atom is -0.338 e. The number of likely N-dealkylation sites (tertiary alicyclic amines) is 1. The fourth-order valence-electron chi connectivity index (χ4n) is 4.09. The topological polar surface area (TPSA) is 64.3 Å². The van der Waals surface area contributed by atoms with Crippen molar-refractivity contribution in [2.75, 3.05) is 6.54 Å². The summed E-state index contributed by atoms with van der Waals surface area (Å²) in [4.78, 5) is 41.3. The molecule has 1 fully saturated rings. The van der Waals surface area contributed by atoms with Gasteiger partial charge < -0.3 is 4.90 Å². The van der Waals surface area contributed by atoms with Crippen LogP contribution in [0.25, 0.3) is 16.6 Å². The third-order valence-electron chi connectivity index (χ3n) is 5.76. The molecule has 1 aromatic heterocycles. The van der Waals surface area contributed by atoms with Gasteiger partial charge in [-0.3, -0.25) is 14.2 Å². The van der Waals surface area contributed by atoms with Gasteiger partial charge in [-0.15, -0.1) is 0 Å². The van der Waals surface area contributed by atoms with Crippen LogP contribution in [0.5, 0.6) is 0 Å². The van der Waals surface area contributed by atoms with Gasteiger partial charge in [-0.25, -0.2) is 9.36 Å². The number of para-hydroxylation sites is 1. The molecule has 1 saturated heterocycles. The zero-order chi connectivity index (χ0) is 20.5. The van der Waals surface area contributed by atoms with Crippen LogP contribution in [0.3, 0.4) is 0 Å². The molecule has 0 spiro atoms. The van der Waals surface area contributed by atoms with E-state index in [0.717, 1.165) is 29.4 Å². The number of aromatic nitrogens is 2. The average molecular weight is 391 g/mol. The van der Waals surface area contributed by atoms with E-state index < -0.39 is 5.69 Å². The fraction of sp³-hybridized carbons (Fsp3) is 0.348. The Labute approximate surface area is 169 Å². The van der Waals surface area contributed by atoms with Crippen molar-refractivity contribution in [3.63, 3.8) is 0 Å². The molecule has 1 amide bonds. The quantitative estimate of drug-likeness (QED) is 0.690. The van der Waals surface area contributed by atoms with Crippen molar-refractivity contribution in [1.82, 2.24) is 14.0 Å². The zero-order valence-electron chi connectivity index (χ0n) is 16.8. The molecule has 0 bridgehead atoms. The standard InChI is InChI=1S/C23H25N3O3/c1-16-10-12-18(13-11-16)26-22(28)19-8-3-4-9-20(19)25(23(26)29)15-21(27)24-14-6-5-7-17(24)2/h3-4,8-13,17H,5-7,14-15H2,1-2H3. The second-order valence-corrected chi connectivity index (χ2v) is 7.79. The van der Waals surface area contributed by atoms with Crippen LogP contribution in [0.4, 0.5) is 0 Å². The molecular weight excluding hydrogens is 366 g/mol. The lowest BCUT2D eigenvalue weighted by Crippen LogP contribution is -2.46. The van der Waals surface area contributed by atoms with Crippen molar-refractivity contribution in [2.45, 2.75) is 45.7 Å². The summed E-state index contributed by atoms with van der Waals surface area (Å²) in [6.07, 6.45) is 3.07. The molecule has 2 heterocycles. The Morgan fingerprint density at radius 2 is 1.76 bits per heavy atom. The first-order valence-corrected chi connectivity index (χ1v) is 10.1. The Bertz CT molecular complexity index is 1170. The van der Waals surface area contributed by atoms with E-state index in [9.17, 15) is 14.4 Å². The summed E-state index contributed by atoms with van der Waals surface area (Å²) >= 11 is 0. The summed E-state index contributed by atoms with van der Waals surface area (Å²) in [5.41, 5.74) is 1.17. The Kier molecular flexibility index (Phi) is 5.09. The number of hydrogen-bond donors (Lipinski definition) is 0. The van der Waals surface area contributed by atoms with Gasteiger partial charge in [0.25, 0.3) is 5.56 Å². The van der Waals surface area contributed by atoms with Gasteiger partial charge >= 0.3 is 5.69 Å². The minimum absolute atomic E-state index is 0.0736. The Hall–Kier alpha value is -3.15. The lowest BCUT2D eigenvalue weighted by atomic mass is 10.0. The maximum absolute atomic E-state index is 13.3. The molecule has 0 aliphatic carbocycles. The highest BCUT2D eigenvalue weighted by Crippen LogP contribution is 2.17. The Balaban J connectivity index is 1.87. The van der Waals surface area contributed by atoms with Crippen LogP contribution >= 0.6 is 0 Å². The first-order chi connectivity index (χ1) is 14.0. The van der Waals surface area contributed by atoms with Gasteiger partial charge in [0.15, 0.2) is 0 Å². The number of nitrogens with zero attached hydrogens (tertiary/aromatic N) is 3. The van der Waals surface area contributed by atoms with Crippen molar-refractivity contribution >= 4 is 16.8 Å². The van der Waals surface area contributed by atoms with Crippen molar-refractivity contribution < 1.29 is 4.79 Å². The fourth-order valence-corrected chi connectivity index (χ4v) is 4.09. The Morgan fingerprint density at radius 1 is 1.03 bits per heavy atom. The van der Waals surface area contributed by atoms with Gasteiger partial charge in [-0.1, -0.05) is 29.8 Å². The van der Waals surface area contributed by atoms with Gasteiger partial charge in [-0.05, 0) is 57.4 Å². The zero-order valence-corrected chi connectivity index (χ0v) is 16.8. The second kappa shape index (κ2) is 7.70. The van der Waals surface area contributed by atoms with Crippen LogP contribution in [-0.4, -0.2) is 32.5 Å². The summed E-state index contributed by atoms with van der Waals surface area (Å²) in [6, 6.07) is 14.4. The number of carbonyl (C=O) groups is 1. The van der Waals surface area contributed by atoms with Gasteiger partial charge in [0.2, 0.25) is 5.91 Å². The van der Waals surface area contributed by atoms with Crippen molar-refractivity contribution in [1.29, 1.82) is 0 Å². The molecular formula is C23H25N3O3. The largest absolute Gasteiger partial charge is 0.338 e. The van der Waals surface area contributed by atoms with Crippen LogP contribution < -0.4 is 11.2 Å². The van der Waals surface area contributed by atoms with Crippen LogP contribution in [0.15, 0.2) is 58.1 Å². The van der Waals surface area contributed by atoms with Crippen molar-refractivity contribution in [3.8, 4) is 5.69 Å².